The molecule has 0 atom stereocenters. The number of aryl methyl sites for hydroxylation is 1. The average Bonchev–Trinajstić information content (AvgIpc) is 3.02. The lowest BCUT2D eigenvalue weighted by Gasteiger charge is -2.11. The summed E-state index contributed by atoms with van der Waals surface area (Å²) in [5.74, 6) is 0. The van der Waals surface area contributed by atoms with Gasteiger partial charge < -0.3 is 0 Å². The molecule has 1 N–H and O–H groups in total. The van der Waals surface area contributed by atoms with Crippen LogP contribution < -0.4 is 4.83 Å². The fraction of sp³-hybridized carbons (Fsp3) is 0.591. The van der Waals surface area contributed by atoms with Gasteiger partial charge in [-0.25, -0.2) is 0 Å². The molecule has 2 aliphatic carbocycles. The number of hydrogen-bond acceptors (Lipinski definition) is 3. The maximum absolute atomic E-state index is 12.5. The van der Waals surface area contributed by atoms with Crippen LogP contribution in [0.15, 0.2) is 45.4 Å². The van der Waals surface area contributed by atoms with Gasteiger partial charge in [-0.3, -0.25) is 0 Å². The van der Waals surface area contributed by atoms with Crippen LogP contribution in [0.2, 0.25) is 0 Å². The molecule has 1 aromatic carbocycles. The second-order valence-corrected chi connectivity index (χ2v) is 9.54. The molecule has 3 rings (SSSR count). The van der Waals surface area contributed by atoms with Crippen molar-refractivity contribution in [2.45, 2.75) is 88.9 Å². The first-order valence-electron chi connectivity index (χ1n) is 10.4. The molecule has 0 amide bonds. The standard InChI is InChI=1S/C22H32N2O2S/c1-18-12-15-20(16-13-18)27(25,26)24-23-22-17-14-19-10-8-6-4-2-3-5-7-9-11-21(19)22/h12-13,15-16,24H,2-11,14,17H2,1H3. The molecule has 148 valence electrons. The number of nitrogens with one attached hydrogen (secondary N) is 1. The second kappa shape index (κ2) is 9.54. The molecule has 0 bridgehead atoms. The molecule has 0 aromatic heterocycles. The van der Waals surface area contributed by atoms with Crippen molar-refractivity contribution in [3.63, 3.8) is 0 Å². The summed E-state index contributed by atoms with van der Waals surface area (Å²) in [6, 6.07) is 6.88. The number of hydrogen-bond donors (Lipinski definition) is 1. The highest BCUT2D eigenvalue weighted by Gasteiger charge is 2.22. The summed E-state index contributed by atoms with van der Waals surface area (Å²) < 4.78 is 25.1. The van der Waals surface area contributed by atoms with E-state index in [0.717, 1.165) is 37.0 Å². The minimum Gasteiger partial charge on any atom is -0.200 e. The van der Waals surface area contributed by atoms with E-state index in [0.29, 0.717) is 0 Å². The first-order valence-corrected chi connectivity index (χ1v) is 11.9. The summed E-state index contributed by atoms with van der Waals surface area (Å²) in [6.07, 6.45) is 14.5. The Morgan fingerprint density at radius 1 is 0.778 bits per heavy atom. The fourth-order valence-electron chi connectivity index (χ4n) is 4.08. The summed E-state index contributed by atoms with van der Waals surface area (Å²) in [7, 11) is -3.60. The molecule has 1 aromatic rings. The van der Waals surface area contributed by atoms with Crippen LogP contribution in [0, 0.1) is 6.92 Å². The Kier molecular flexibility index (Phi) is 7.11. The van der Waals surface area contributed by atoms with Gasteiger partial charge in [0.15, 0.2) is 0 Å². The third-order valence-electron chi connectivity index (χ3n) is 5.73. The van der Waals surface area contributed by atoms with Crippen molar-refractivity contribution in [1.29, 1.82) is 0 Å². The van der Waals surface area contributed by atoms with Crippen LogP contribution in [0.4, 0.5) is 0 Å². The summed E-state index contributed by atoms with van der Waals surface area (Å²) >= 11 is 0. The van der Waals surface area contributed by atoms with E-state index >= 15 is 0 Å². The van der Waals surface area contributed by atoms with Gasteiger partial charge >= 0.3 is 0 Å². The molecule has 5 heteroatoms. The van der Waals surface area contributed by atoms with Gasteiger partial charge in [0.2, 0.25) is 0 Å². The first-order chi connectivity index (χ1) is 13.1. The molecule has 0 unspecified atom stereocenters. The van der Waals surface area contributed by atoms with E-state index in [9.17, 15) is 8.42 Å². The van der Waals surface area contributed by atoms with E-state index in [1.54, 1.807) is 12.1 Å². The normalized spacial score (nSPS) is 21.4. The zero-order valence-corrected chi connectivity index (χ0v) is 17.3. The number of rotatable bonds is 3. The summed E-state index contributed by atoms with van der Waals surface area (Å²) in [6.45, 7) is 1.94. The van der Waals surface area contributed by atoms with E-state index in [1.807, 2.05) is 19.1 Å². The Labute approximate surface area is 164 Å². The molecule has 0 radical (unpaired) electrons. The van der Waals surface area contributed by atoms with Crippen LogP contribution in [-0.2, 0) is 10.0 Å². The summed E-state index contributed by atoms with van der Waals surface area (Å²) in [5, 5.41) is 4.37. The highest BCUT2D eigenvalue weighted by atomic mass is 32.2. The Balaban J connectivity index is 1.73. The Morgan fingerprint density at radius 2 is 1.37 bits per heavy atom. The van der Waals surface area contributed by atoms with Gasteiger partial charge in [-0.1, -0.05) is 61.8 Å². The van der Waals surface area contributed by atoms with E-state index in [2.05, 4.69) is 9.93 Å². The zero-order chi connectivity index (χ0) is 19.1. The molecule has 0 saturated carbocycles. The van der Waals surface area contributed by atoms with Crippen LogP contribution in [0.1, 0.15) is 82.6 Å². The zero-order valence-electron chi connectivity index (χ0n) is 16.5. The number of sulfonamides is 1. The summed E-state index contributed by atoms with van der Waals surface area (Å²) in [4.78, 5) is 2.75. The Hall–Kier alpha value is -1.62. The van der Waals surface area contributed by atoms with E-state index in [4.69, 9.17) is 0 Å². The van der Waals surface area contributed by atoms with Gasteiger partial charge in [0, 0.05) is 0 Å². The monoisotopic (exact) mass is 388 g/mol. The van der Waals surface area contributed by atoms with Crippen molar-refractivity contribution in [1.82, 2.24) is 4.83 Å². The predicted molar refractivity (Wildman–Crippen MR) is 111 cm³/mol. The van der Waals surface area contributed by atoms with Gasteiger partial charge in [0.1, 0.15) is 0 Å². The maximum Gasteiger partial charge on any atom is 0.276 e. The van der Waals surface area contributed by atoms with Crippen molar-refractivity contribution in [3.8, 4) is 0 Å². The quantitative estimate of drug-likeness (QED) is 0.682. The van der Waals surface area contributed by atoms with Crippen LogP contribution in [0.25, 0.3) is 0 Å². The van der Waals surface area contributed by atoms with Crippen LogP contribution in [0.5, 0.6) is 0 Å². The predicted octanol–water partition coefficient (Wildman–Crippen LogP) is 5.63. The molecular weight excluding hydrogens is 356 g/mol. The molecule has 4 nitrogen and oxygen atoms in total. The van der Waals surface area contributed by atoms with Crippen LogP contribution in [-0.4, -0.2) is 14.1 Å². The number of hydrazone groups is 1. The van der Waals surface area contributed by atoms with Gasteiger partial charge in [-0.2, -0.15) is 18.4 Å². The third-order valence-corrected chi connectivity index (χ3v) is 6.95. The topological polar surface area (TPSA) is 58.5 Å². The SMILES string of the molecule is Cc1ccc(S(=O)(=O)NN=C2CCC3=C2CCCCCCCCCC3)cc1. The smallest absolute Gasteiger partial charge is 0.200 e. The van der Waals surface area contributed by atoms with Gasteiger partial charge in [-0.05, 0) is 63.2 Å². The van der Waals surface area contributed by atoms with Crippen molar-refractivity contribution >= 4 is 15.7 Å². The third kappa shape index (κ3) is 5.68. The Morgan fingerprint density at radius 3 is 2.04 bits per heavy atom. The Bertz CT molecular complexity index is 792. The summed E-state index contributed by atoms with van der Waals surface area (Å²) in [5.41, 5.74) is 4.85. The highest BCUT2D eigenvalue weighted by Crippen LogP contribution is 2.32. The minimum atomic E-state index is -3.60. The number of allylic oxidation sites excluding steroid dienone is 2. The largest absolute Gasteiger partial charge is 0.276 e. The lowest BCUT2D eigenvalue weighted by Crippen LogP contribution is -2.20. The lowest BCUT2D eigenvalue weighted by atomic mass is 9.96. The molecule has 0 fully saturated rings. The number of benzene rings is 1. The molecule has 0 saturated heterocycles. The lowest BCUT2D eigenvalue weighted by molar-refractivity contribution is 0.559. The highest BCUT2D eigenvalue weighted by molar-refractivity contribution is 7.89. The fourth-order valence-corrected chi connectivity index (χ4v) is 4.91. The van der Waals surface area contributed by atoms with Gasteiger partial charge in [0.25, 0.3) is 10.0 Å². The average molecular weight is 389 g/mol. The van der Waals surface area contributed by atoms with Gasteiger partial charge in [0.05, 0.1) is 10.6 Å². The van der Waals surface area contributed by atoms with Crippen LogP contribution in [0.3, 0.4) is 0 Å². The molecule has 27 heavy (non-hydrogen) atoms. The number of nitrogens with zero attached hydrogens (tertiary/aromatic N) is 1. The first kappa shape index (κ1) is 20.1. The van der Waals surface area contributed by atoms with Crippen molar-refractivity contribution in [3.05, 3.63) is 41.0 Å². The van der Waals surface area contributed by atoms with Crippen molar-refractivity contribution in [2.75, 3.05) is 0 Å². The van der Waals surface area contributed by atoms with Gasteiger partial charge in [-0.15, -0.1) is 0 Å². The van der Waals surface area contributed by atoms with E-state index < -0.39 is 10.0 Å². The molecular formula is C22H32N2O2S. The maximum atomic E-state index is 12.5. The molecule has 0 aliphatic heterocycles. The molecule has 0 spiro atoms. The van der Waals surface area contributed by atoms with E-state index in [-0.39, 0.29) is 4.90 Å². The molecule has 0 heterocycles. The second-order valence-electron chi connectivity index (χ2n) is 7.88. The van der Waals surface area contributed by atoms with Crippen molar-refractivity contribution < 1.29 is 8.42 Å². The molecule has 2 aliphatic rings. The van der Waals surface area contributed by atoms with Crippen molar-refractivity contribution in [2.24, 2.45) is 5.10 Å². The minimum absolute atomic E-state index is 0.267. The van der Waals surface area contributed by atoms with Crippen LogP contribution >= 0.6 is 0 Å². The van der Waals surface area contributed by atoms with E-state index in [1.165, 1.54) is 62.5 Å².